The minimum Gasteiger partial charge on any atom is -0.307 e. The molecule has 0 radical (unpaired) electrons. The quantitative estimate of drug-likeness (QED) is 0.944. The standard InChI is InChI=1S/C12H14F3N5O/c1-7-6-9(12(13,14)15)17-20(7)8(2)11(21)16-10-4-5-19(3)18-10/h4-6,8H,1-3H3,(H,16,18,21). The molecule has 1 atom stereocenters. The van der Waals surface area contributed by atoms with Gasteiger partial charge in [-0.3, -0.25) is 14.2 Å². The van der Waals surface area contributed by atoms with E-state index in [9.17, 15) is 18.0 Å². The number of carbonyl (C=O) groups is 1. The van der Waals surface area contributed by atoms with Gasteiger partial charge in [0.15, 0.2) is 11.5 Å². The number of hydrogen-bond acceptors (Lipinski definition) is 3. The summed E-state index contributed by atoms with van der Waals surface area (Å²) in [5.41, 5.74) is -0.761. The van der Waals surface area contributed by atoms with Gasteiger partial charge in [0.2, 0.25) is 5.91 Å². The van der Waals surface area contributed by atoms with Crippen LogP contribution in [0, 0.1) is 6.92 Å². The van der Waals surface area contributed by atoms with Crippen molar-refractivity contribution in [3.05, 3.63) is 29.7 Å². The molecular weight excluding hydrogens is 287 g/mol. The summed E-state index contributed by atoms with van der Waals surface area (Å²) in [7, 11) is 1.69. The van der Waals surface area contributed by atoms with E-state index in [0.717, 1.165) is 10.7 Å². The summed E-state index contributed by atoms with van der Waals surface area (Å²) < 4.78 is 40.4. The number of halogens is 3. The highest BCUT2D eigenvalue weighted by Crippen LogP contribution is 2.29. The molecule has 1 unspecified atom stereocenters. The fourth-order valence-corrected chi connectivity index (χ4v) is 1.84. The van der Waals surface area contributed by atoms with Crippen LogP contribution in [0.1, 0.15) is 24.4 Å². The van der Waals surface area contributed by atoms with E-state index >= 15 is 0 Å². The fourth-order valence-electron chi connectivity index (χ4n) is 1.84. The van der Waals surface area contributed by atoms with Crippen molar-refractivity contribution in [3.63, 3.8) is 0 Å². The first kappa shape index (κ1) is 15.1. The third-order valence-corrected chi connectivity index (χ3v) is 2.92. The second-order valence-electron chi connectivity index (χ2n) is 4.65. The van der Waals surface area contributed by atoms with Crippen LogP contribution in [0.15, 0.2) is 18.3 Å². The zero-order valence-electron chi connectivity index (χ0n) is 11.6. The maximum absolute atomic E-state index is 12.6. The SMILES string of the molecule is Cc1cc(C(F)(F)F)nn1C(C)C(=O)Nc1ccn(C)n1. The van der Waals surface area contributed by atoms with Crippen LogP contribution in [-0.4, -0.2) is 25.5 Å². The van der Waals surface area contributed by atoms with E-state index in [0.29, 0.717) is 5.82 Å². The van der Waals surface area contributed by atoms with Crippen LogP contribution >= 0.6 is 0 Å². The summed E-state index contributed by atoms with van der Waals surface area (Å²) in [6, 6.07) is 1.61. The highest BCUT2D eigenvalue weighted by Gasteiger charge is 2.35. The first-order chi connectivity index (χ1) is 9.68. The van der Waals surface area contributed by atoms with Crippen molar-refractivity contribution < 1.29 is 18.0 Å². The van der Waals surface area contributed by atoms with Crippen molar-refractivity contribution in [1.82, 2.24) is 19.6 Å². The fraction of sp³-hybridized carbons (Fsp3) is 0.417. The Morgan fingerprint density at radius 2 is 2.05 bits per heavy atom. The molecule has 0 fully saturated rings. The summed E-state index contributed by atoms with van der Waals surface area (Å²) >= 11 is 0. The number of rotatable bonds is 3. The van der Waals surface area contributed by atoms with Gasteiger partial charge in [-0.15, -0.1) is 0 Å². The second kappa shape index (κ2) is 5.23. The summed E-state index contributed by atoms with van der Waals surface area (Å²) in [5.74, 6) is -0.163. The lowest BCUT2D eigenvalue weighted by Gasteiger charge is -2.13. The van der Waals surface area contributed by atoms with Gasteiger partial charge in [-0.05, 0) is 19.9 Å². The highest BCUT2D eigenvalue weighted by molar-refractivity contribution is 5.92. The molecule has 0 aromatic carbocycles. The van der Waals surface area contributed by atoms with Gasteiger partial charge in [0.1, 0.15) is 6.04 Å². The molecule has 0 aliphatic rings. The molecule has 2 heterocycles. The molecule has 2 aromatic heterocycles. The van der Waals surface area contributed by atoms with Crippen LogP contribution in [0.5, 0.6) is 0 Å². The number of nitrogens with zero attached hydrogens (tertiary/aromatic N) is 4. The molecule has 0 aliphatic carbocycles. The number of anilines is 1. The van der Waals surface area contributed by atoms with Crippen molar-refractivity contribution >= 4 is 11.7 Å². The van der Waals surface area contributed by atoms with Gasteiger partial charge < -0.3 is 5.32 Å². The summed E-state index contributed by atoms with van der Waals surface area (Å²) in [6.07, 6.45) is -2.89. The van der Waals surface area contributed by atoms with Crippen LogP contribution < -0.4 is 5.32 Å². The molecule has 2 aromatic rings. The number of carbonyl (C=O) groups excluding carboxylic acids is 1. The summed E-state index contributed by atoms with van der Waals surface area (Å²) in [6.45, 7) is 2.94. The molecule has 1 N–H and O–H groups in total. The van der Waals surface area contributed by atoms with E-state index in [4.69, 9.17) is 0 Å². The summed E-state index contributed by atoms with van der Waals surface area (Å²) in [4.78, 5) is 12.0. The number of alkyl halides is 3. The van der Waals surface area contributed by atoms with Gasteiger partial charge in [0.25, 0.3) is 0 Å². The number of amides is 1. The average molecular weight is 301 g/mol. The zero-order valence-corrected chi connectivity index (χ0v) is 11.6. The van der Waals surface area contributed by atoms with Crippen LogP contribution in [0.3, 0.4) is 0 Å². The first-order valence-electron chi connectivity index (χ1n) is 6.12. The van der Waals surface area contributed by atoms with Crippen LogP contribution in [0.2, 0.25) is 0 Å². The maximum atomic E-state index is 12.6. The minimum atomic E-state index is -4.53. The van der Waals surface area contributed by atoms with Crippen LogP contribution in [0.25, 0.3) is 0 Å². The largest absolute Gasteiger partial charge is 0.435 e. The molecule has 114 valence electrons. The monoisotopic (exact) mass is 301 g/mol. The molecule has 0 saturated carbocycles. The Bertz CT molecular complexity index is 658. The van der Waals surface area contributed by atoms with E-state index in [2.05, 4.69) is 15.5 Å². The van der Waals surface area contributed by atoms with Crippen molar-refractivity contribution in [3.8, 4) is 0 Å². The van der Waals surface area contributed by atoms with E-state index in [1.807, 2.05) is 0 Å². The number of aromatic nitrogens is 4. The lowest BCUT2D eigenvalue weighted by Crippen LogP contribution is -2.25. The maximum Gasteiger partial charge on any atom is 0.435 e. The lowest BCUT2D eigenvalue weighted by molar-refractivity contribution is -0.141. The Balaban J connectivity index is 2.17. The van der Waals surface area contributed by atoms with Gasteiger partial charge in [0.05, 0.1) is 0 Å². The third-order valence-electron chi connectivity index (χ3n) is 2.92. The lowest BCUT2D eigenvalue weighted by atomic mass is 10.3. The van der Waals surface area contributed by atoms with E-state index in [1.54, 1.807) is 19.3 Å². The Morgan fingerprint density at radius 3 is 2.52 bits per heavy atom. The van der Waals surface area contributed by atoms with Crippen molar-refractivity contribution in [2.75, 3.05) is 5.32 Å². The van der Waals surface area contributed by atoms with E-state index < -0.39 is 23.8 Å². The molecule has 9 heteroatoms. The molecular formula is C12H14F3N5O. The molecule has 0 spiro atoms. The number of nitrogens with one attached hydrogen (secondary N) is 1. The van der Waals surface area contributed by atoms with E-state index in [1.165, 1.54) is 18.5 Å². The van der Waals surface area contributed by atoms with Crippen molar-refractivity contribution in [1.29, 1.82) is 0 Å². The van der Waals surface area contributed by atoms with Crippen molar-refractivity contribution in [2.24, 2.45) is 7.05 Å². The summed E-state index contributed by atoms with van der Waals surface area (Å²) in [5, 5.41) is 9.95. The molecule has 0 saturated heterocycles. The van der Waals surface area contributed by atoms with Gasteiger partial charge in [-0.25, -0.2) is 0 Å². The molecule has 1 amide bonds. The Hall–Kier alpha value is -2.32. The predicted octanol–water partition coefficient (Wildman–Crippen LogP) is 2.14. The number of aryl methyl sites for hydroxylation is 2. The second-order valence-corrected chi connectivity index (χ2v) is 4.65. The van der Waals surface area contributed by atoms with Gasteiger partial charge in [0, 0.05) is 25.0 Å². The molecule has 21 heavy (non-hydrogen) atoms. The average Bonchev–Trinajstić information content (AvgIpc) is 2.94. The Morgan fingerprint density at radius 1 is 1.38 bits per heavy atom. The van der Waals surface area contributed by atoms with Crippen molar-refractivity contribution in [2.45, 2.75) is 26.1 Å². The Labute approximate surface area is 118 Å². The predicted molar refractivity (Wildman–Crippen MR) is 68.5 cm³/mol. The van der Waals surface area contributed by atoms with Crippen LogP contribution in [0.4, 0.5) is 19.0 Å². The first-order valence-corrected chi connectivity index (χ1v) is 6.12. The topological polar surface area (TPSA) is 64.7 Å². The van der Waals surface area contributed by atoms with Crippen LogP contribution in [-0.2, 0) is 18.0 Å². The molecule has 6 nitrogen and oxygen atoms in total. The normalized spacial score (nSPS) is 13.2. The van der Waals surface area contributed by atoms with Gasteiger partial charge in [-0.2, -0.15) is 23.4 Å². The zero-order chi connectivity index (χ0) is 15.8. The smallest absolute Gasteiger partial charge is 0.307 e. The van der Waals surface area contributed by atoms with Gasteiger partial charge in [-0.1, -0.05) is 0 Å². The number of hydrogen-bond donors (Lipinski definition) is 1. The van der Waals surface area contributed by atoms with E-state index in [-0.39, 0.29) is 5.69 Å². The minimum absolute atomic E-state index is 0.256. The highest BCUT2D eigenvalue weighted by atomic mass is 19.4. The van der Waals surface area contributed by atoms with Gasteiger partial charge >= 0.3 is 6.18 Å². The molecule has 2 rings (SSSR count). The Kier molecular flexibility index (Phi) is 3.75. The molecule has 0 bridgehead atoms. The molecule has 0 aliphatic heterocycles. The third kappa shape index (κ3) is 3.23.